The maximum Gasteiger partial charge on any atom is 0.573 e. The molecule has 0 atom stereocenters. The molecule has 1 aromatic rings. The first-order valence-corrected chi connectivity index (χ1v) is 6.22. The van der Waals surface area contributed by atoms with E-state index in [1.54, 1.807) is 0 Å². The van der Waals surface area contributed by atoms with E-state index in [9.17, 15) is 18.0 Å². The van der Waals surface area contributed by atoms with Gasteiger partial charge in [-0.15, -0.1) is 13.2 Å². The number of amides is 1. The standard InChI is InChI=1S/C13H14F3NO4/c1-19-10-4-2-3-9(11(10)21-13(14,15)16)12(18)17-5-7-20-8-6-17/h2-4H,5-8H2,1H3. The van der Waals surface area contributed by atoms with Gasteiger partial charge in [0.15, 0.2) is 11.5 Å². The van der Waals surface area contributed by atoms with Crippen LogP contribution in [0, 0.1) is 0 Å². The fraction of sp³-hybridized carbons (Fsp3) is 0.462. The van der Waals surface area contributed by atoms with Crippen molar-refractivity contribution in [3.05, 3.63) is 23.8 Å². The Balaban J connectivity index is 2.35. The molecule has 0 unspecified atom stereocenters. The molecular weight excluding hydrogens is 291 g/mol. The van der Waals surface area contributed by atoms with Gasteiger partial charge >= 0.3 is 6.36 Å². The minimum atomic E-state index is -4.91. The summed E-state index contributed by atoms with van der Waals surface area (Å²) in [6.07, 6.45) is -4.91. The van der Waals surface area contributed by atoms with E-state index < -0.39 is 18.0 Å². The zero-order chi connectivity index (χ0) is 15.5. The van der Waals surface area contributed by atoms with Gasteiger partial charge in [-0.3, -0.25) is 4.79 Å². The summed E-state index contributed by atoms with van der Waals surface area (Å²) < 4.78 is 51.5. The van der Waals surface area contributed by atoms with E-state index in [1.165, 1.54) is 30.2 Å². The predicted molar refractivity (Wildman–Crippen MR) is 66.4 cm³/mol. The molecule has 1 aliphatic heterocycles. The normalized spacial score (nSPS) is 15.7. The van der Waals surface area contributed by atoms with Gasteiger partial charge in [0.25, 0.3) is 5.91 Å². The van der Waals surface area contributed by atoms with Crippen molar-refractivity contribution < 1.29 is 32.2 Å². The second kappa shape index (κ2) is 6.21. The van der Waals surface area contributed by atoms with Crippen LogP contribution in [0.1, 0.15) is 10.4 Å². The number of ether oxygens (including phenoxy) is 3. The third-order valence-corrected chi connectivity index (χ3v) is 2.95. The van der Waals surface area contributed by atoms with E-state index in [0.29, 0.717) is 26.3 Å². The number of hydrogen-bond acceptors (Lipinski definition) is 4. The van der Waals surface area contributed by atoms with Crippen molar-refractivity contribution in [3.8, 4) is 11.5 Å². The molecule has 0 N–H and O–H groups in total. The highest BCUT2D eigenvalue weighted by Crippen LogP contribution is 2.36. The van der Waals surface area contributed by atoms with Crippen LogP contribution in [0.4, 0.5) is 13.2 Å². The fourth-order valence-corrected chi connectivity index (χ4v) is 2.00. The molecule has 0 saturated carbocycles. The second-order valence-corrected chi connectivity index (χ2v) is 4.29. The number of hydrogen-bond donors (Lipinski definition) is 0. The molecule has 0 bridgehead atoms. The van der Waals surface area contributed by atoms with Crippen LogP contribution in [0.5, 0.6) is 11.5 Å². The van der Waals surface area contributed by atoms with Crippen LogP contribution in [0.3, 0.4) is 0 Å². The molecule has 1 fully saturated rings. The Labute approximate surface area is 119 Å². The maximum atomic E-state index is 12.5. The van der Waals surface area contributed by atoms with E-state index in [-0.39, 0.29) is 11.3 Å². The Morgan fingerprint density at radius 2 is 1.95 bits per heavy atom. The molecule has 1 amide bonds. The van der Waals surface area contributed by atoms with Crippen LogP contribution in [0.15, 0.2) is 18.2 Å². The maximum absolute atomic E-state index is 12.5. The monoisotopic (exact) mass is 305 g/mol. The molecule has 116 valence electrons. The lowest BCUT2D eigenvalue weighted by Crippen LogP contribution is -2.41. The molecule has 0 aromatic heterocycles. The Hall–Kier alpha value is -1.96. The minimum absolute atomic E-state index is 0.147. The van der Waals surface area contributed by atoms with Crippen molar-refractivity contribution in [1.82, 2.24) is 4.90 Å². The molecule has 0 radical (unpaired) electrons. The zero-order valence-corrected chi connectivity index (χ0v) is 11.3. The topological polar surface area (TPSA) is 48.0 Å². The van der Waals surface area contributed by atoms with Gasteiger partial charge in [0.05, 0.1) is 25.9 Å². The number of alkyl halides is 3. The van der Waals surface area contributed by atoms with Gasteiger partial charge in [0.1, 0.15) is 0 Å². The molecule has 2 rings (SSSR count). The lowest BCUT2D eigenvalue weighted by atomic mass is 10.1. The zero-order valence-electron chi connectivity index (χ0n) is 11.3. The summed E-state index contributed by atoms with van der Waals surface area (Å²) in [5, 5.41) is 0. The Kier molecular flexibility index (Phi) is 4.56. The van der Waals surface area contributed by atoms with E-state index in [1.807, 2.05) is 0 Å². The van der Waals surface area contributed by atoms with Crippen LogP contribution in [-0.4, -0.2) is 50.6 Å². The number of para-hydroxylation sites is 1. The van der Waals surface area contributed by atoms with Crippen LogP contribution >= 0.6 is 0 Å². The molecule has 1 aromatic carbocycles. The number of nitrogens with zero attached hydrogens (tertiary/aromatic N) is 1. The van der Waals surface area contributed by atoms with Gasteiger partial charge in [-0.1, -0.05) is 6.07 Å². The highest BCUT2D eigenvalue weighted by Gasteiger charge is 2.35. The SMILES string of the molecule is COc1cccc(C(=O)N2CCOCC2)c1OC(F)(F)F. The van der Waals surface area contributed by atoms with Gasteiger partial charge in [0.2, 0.25) is 0 Å². The van der Waals surface area contributed by atoms with Crippen molar-refractivity contribution >= 4 is 5.91 Å². The van der Waals surface area contributed by atoms with Gasteiger partial charge in [-0.2, -0.15) is 0 Å². The van der Waals surface area contributed by atoms with Crippen LogP contribution in [-0.2, 0) is 4.74 Å². The van der Waals surface area contributed by atoms with Gasteiger partial charge in [-0.05, 0) is 12.1 Å². The number of carbonyl (C=O) groups excluding carboxylic acids is 1. The molecule has 1 aliphatic rings. The largest absolute Gasteiger partial charge is 0.573 e. The number of halogens is 3. The molecule has 8 heteroatoms. The van der Waals surface area contributed by atoms with Crippen molar-refractivity contribution in [3.63, 3.8) is 0 Å². The number of rotatable bonds is 3. The summed E-state index contributed by atoms with van der Waals surface area (Å²) in [4.78, 5) is 13.8. The summed E-state index contributed by atoms with van der Waals surface area (Å²) in [7, 11) is 1.21. The third-order valence-electron chi connectivity index (χ3n) is 2.95. The van der Waals surface area contributed by atoms with Crippen molar-refractivity contribution in [2.45, 2.75) is 6.36 Å². The van der Waals surface area contributed by atoms with E-state index in [2.05, 4.69) is 4.74 Å². The quantitative estimate of drug-likeness (QED) is 0.858. The molecule has 1 heterocycles. The number of benzene rings is 1. The highest BCUT2D eigenvalue weighted by atomic mass is 19.4. The Morgan fingerprint density at radius 1 is 1.29 bits per heavy atom. The van der Waals surface area contributed by atoms with Gasteiger partial charge in [0, 0.05) is 13.1 Å². The first-order valence-electron chi connectivity index (χ1n) is 6.22. The van der Waals surface area contributed by atoms with Gasteiger partial charge in [-0.25, -0.2) is 0 Å². The summed E-state index contributed by atoms with van der Waals surface area (Å²) >= 11 is 0. The predicted octanol–water partition coefficient (Wildman–Crippen LogP) is 2.07. The Bertz CT molecular complexity index is 513. The number of morpholine rings is 1. The van der Waals surface area contributed by atoms with Crippen molar-refractivity contribution in [2.75, 3.05) is 33.4 Å². The van der Waals surface area contributed by atoms with E-state index >= 15 is 0 Å². The highest BCUT2D eigenvalue weighted by molar-refractivity contribution is 5.97. The van der Waals surface area contributed by atoms with E-state index in [4.69, 9.17) is 9.47 Å². The van der Waals surface area contributed by atoms with Crippen LogP contribution in [0.25, 0.3) is 0 Å². The van der Waals surface area contributed by atoms with E-state index in [0.717, 1.165) is 0 Å². The summed E-state index contributed by atoms with van der Waals surface area (Å²) in [5.41, 5.74) is -0.187. The first kappa shape index (κ1) is 15.4. The van der Waals surface area contributed by atoms with Crippen molar-refractivity contribution in [2.24, 2.45) is 0 Å². The lowest BCUT2D eigenvalue weighted by Gasteiger charge is -2.27. The molecule has 1 saturated heterocycles. The number of methoxy groups -OCH3 is 1. The molecule has 0 spiro atoms. The van der Waals surface area contributed by atoms with Crippen LogP contribution < -0.4 is 9.47 Å². The lowest BCUT2D eigenvalue weighted by molar-refractivity contribution is -0.275. The van der Waals surface area contributed by atoms with Gasteiger partial charge < -0.3 is 19.1 Å². The minimum Gasteiger partial charge on any atom is -0.493 e. The smallest absolute Gasteiger partial charge is 0.493 e. The fourth-order valence-electron chi connectivity index (χ4n) is 2.00. The average Bonchev–Trinajstić information content (AvgIpc) is 2.46. The summed E-state index contributed by atoms with van der Waals surface area (Å²) in [5.74, 6) is -1.31. The second-order valence-electron chi connectivity index (χ2n) is 4.29. The number of carbonyl (C=O) groups is 1. The third kappa shape index (κ3) is 3.78. The summed E-state index contributed by atoms with van der Waals surface area (Å²) in [6, 6.07) is 4.02. The molecule has 0 aliphatic carbocycles. The van der Waals surface area contributed by atoms with Crippen molar-refractivity contribution in [1.29, 1.82) is 0 Å². The molecular formula is C13H14F3NO4. The Morgan fingerprint density at radius 3 is 2.52 bits per heavy atom. The molecule has 5 nitrogen and oxygen atoms in total. The first-order chi connectivity index (χ1) is 9.92. The average molecular weight is 305 g/mol. The molecule has 21 heavy (non-hydrogen) atoms. The summed E-state index contributed by atoms with van der Waals surface area (Å²) in [6.45, 7) is 1.35. The van der Waals surface area contributed by atoms with Crippen LogP contribution in [0.2, 0.25) is 0 Å².